The van der Waals surface area contributed by atoms with Gasteiger partial charge in [-0.1, -0.05) is 0 Å². The molecule has 3 N–H and O–H groups in total. The van der Waals surface area contributed by atoms with Crippen molar-refractivity contribution in [3.05, 3.63) is 34.4 Å². The zero-order chi connectivity index (χ0) is 13.7. The van der Waals surface area contributed by atoms with Crippen molar-refractivity contribution in [3.8, 4) is 5.75 Å². The van der Waals surface area contributed by atoms with Crippen LogP contribution >= 0.6 is 8.46 Å². The van der Waals surface area contributed by atoms with Crippen molar-refractivity contribution in [1.82, 2.24) is 0 Å². The number of carboxylic acids is 1. The molecule has 0 spiro atoms. The van der Waals surface area contributed by atoms with E-state index in [0.717, 1.165) is 0 Å². The highest BCUT2D eigenvalue weighted by Gasteiger charge is 2.26. The molecule has 0 radical (unpaired) electrons. The number of non-ortho nitro benzene ring substituents is 1. The third-order valence-electron chi connectivity index (χ3n) is 2.00. The Morgan fingerprint density at radius 1 is 1.44 bits per heavy atom. The molecule has 1 rings (SSSR count). The summed E-state index contributed by atoms with van der Waals surface area (Å²) in [5.41, 5.74) is 5.12. The predicted octanol–water partition coefficient (Wildman–Crippen LogP) is 1.00. The molecule has 0 saturated carbocycles. The van der Waals surface area contributed by atoms with E-state index in [0.29, 0.717) is 0 Å². The standard InChI is InChI=1S/C9H9N2O6P/c10-7(8(12)13)9(18-16)17-6-3-1-5(2-4-6)11(14)15/h1-4,7,9H,10H2,(H,12,13)/t7-,9?/m1/s1. The highest BCUT2D eigenvalue weighted by molar-refractivity contribution is 7.24. The van der Waals surface area contributed by atoms with Crippen molar-refractivity contribution >= 4 is 20.1 Å². The minimum absolute atomic E-state index is 0.138. The Balaban J connectivity index is 2.79. The summed E-state index contributed by atoms with van der Waals surface area (Å²) in [5.74, 6) is -2.47. The second kappa shape index (κ2) is 6.04. The summed E-state index contributed by atoms with van der Waals surface area (Å²) >= 11 is 0. The molecule has 18 heavy (non-hydrogen) atoms. The molecular weight excluding hydrogens is 263 g/mol. The average molecular weight is 272 g/mol. The van der Waals surface area contributed by atoms with Crippen LogP contribution in [0.4, 0.5) is 5.69 Å². The van der Waals surface area contributed by atoms with Gasteiger partial charge in [0, 0.05) is 12.1 Å². The number of nitrogens with zero attached hydrogens (tertiary/aromatic N) is 1. The normalized spacial score (nSPS) is 13.8. The van der Waals surface area contributed by atoms with Crippen molar-refractivity contribution in [2.75, 3.05) is 0 Å². The third kappa shape index (κ3) is 3.47. The number of carbonyl (C=O) groups is 1. The van der Waals surface area contributed by atoms with Crippen molar-refractivity contribution in [1.29, 1.82) is 0 Å². The highest BCUT2D eigenvalue weighted by atomic mass is 31.1. The van der Waals surface area contributed by atoms with E-state index in [1.54, 1.807) is 0 Å². The van der Waals surface area contributed by atoms with Crippen molar-refractivity contribution in [2.24, 2.45) is 5.73 Å². The largest absolute Gasteiger partial charge is 0.480 e. The lowest BCUT2D eigenvalue weighted by Gasteiger charge is -2.15. The monoisotopic (exact) mass is 272 g/mol. The summed E-state index contributed by atoms with van der Waals surface area (Å²) in [6.45, 7) is 0. The first-order valence-corrected chi connectivity index (χ1v) is 5.56. The molecule has 0 bridgehead atoms. The number of hydrogen-bond acceptors (Lipinski definition) is 6. The average Bonchev–Trinajstić information content (AvgIpc) is 2.35. The van der Waals surface area contributed by atoms with Gasteiger partial charge in [0.2, 0.25) is 14.3 Å². The van der Waals surface area contributed by atoms with Gasteiger partial charge in [-0.05, 0) is 12.1 Å². The molecule has 0 aromatic heterocycles. The molecule has 1 aromatic carbocycles. The number of ether oxygens (including phenoxy) is 1. The number of nitro groups is 1. The molecule has 1 aromatic rings. The van der Waals surface area contributed by atoms with Crippen LogP contribution in [0, 0.1) is 10.1 Å². The van der Waals surface area contributed by atoms with Crippen LogP contribution in [-0.2, 0) is 9.36 Å². The summed E-state index contributed by atoms with van der Waals surface area (Å²) < 4.78 is 15.8. The maximum Gasteiger partial charge on any atom is 0.325 e. The lowest BCUT2D eigenvalue weighted by molar-refractivity contribution is -0.384. The third-order valence-corrected chi connectivity index (χ3v) is 2.64. The fourth-order valence-corrected chi connectivity index (χ4v) is 1.49. The number of carboxylic acid groups (broad SMARTS) is 1. The van der Waals surface area contributed by atoms with Crippen LogP contribution in [0.5, 0.6) is 5.75 Å². The molecule has 9 heteroatoms. The fraction of sp³-hybridized carbons (Fsp3) is 0.222. The van der Waals surface area contributed by atoms with E-state index in [-0.39, 0.29) is 11.4 Å². The lowest BCUT2D eigenvalue weighted by Crippen LogP contribution is -2.41. The van der Waals surface area contributed by atoms with Crippen LogP contribution in [0.15, 0.2) is 24.3 Å². The zero-order valence-electron chi connectivity index (χ0n) is 8.92. The number of hydrogen-bond donors (Lipinski definition) is 2. The Morgan fingerprint density at radius 3 is 2.39 bits per heavy atom. The Morgan fingerprint density at radius 2 is 2.00 bits per heavy atom. The number of nitrogens with two attached hydrogens (primary N) is 1. The Hall–Kier alpha value is -2.05. The topological polar surface area (TPSA) is 133 Å². The van der Waals surface area contributed by atoms with E-state index in [1.165, 1.54) is 24.3 Å². The highest BCUT2D eigenvalue weighted by Crippen LogP contribution is 2.22. The second-order valence-electron chi connectivity index (χ2n) is 3.23. The summed E-state index contributed by atoms with van der Waals surface area (Å²) in [7, 11) is -0.586. The van der Waals surface area contributed by atoms with Crippen molar-refractivity contribution in [3.63, 3.8) is 0 Å². The van der Waals surface area contributed by atoms with Gasteiger partial charge in [-0.3, -0.25) is 19.5 Å². The number of nitro benzene ring substituents is 1. The van der Waals surface area contributed by atoms with Gasteiger partial charge >= 0.3 is 5.97 Å². The van der Waals surface area contributed by atoms with Gasteiger partial charge in [-0.15, -0.1) is 0 Å². The number of rotatable bonds is 6. The Labute approximate surface area is 103 Å². The second-order valence-corrected chi connectivity index (χ2v) is 3.95. The van der Waals surface area contributed by atoms with Gasteiger partial charge in [-0.2, -0.15) is 0 Å². The first-order chi connectivity index (χ1) is 8.45. The first kappa shape index (κ1) is 14.0. The summed E-state index contributed by atoms with van der Waals surface area (Å²) in [5, 5.41) is 19.0. The molecule has 0 heterocycles. The molecular formula is C9H9N2O6P. The van der Waals surface area contributed by atoms with Gasteiger partial charge < -0.3 is 15.6 Å². The van der Waals surface area contributed by atoms with Crippen molar-refractivity contribution < 1.29 is 24.1 Å². The van der Waals surface area contributed by atoms with E-state index in [1.807, 2.05) is 0 Å². The molecule has 0 amide bonds. The molecule has 0 aliphatic carbocycles. The SMILES string of the molecule is N[C@H](C(=O)O)C(Oc1ccc([N+](=O)[O-])cc1)P=O. The van der Waals surface area contributed by atoms with Gasteiger partial charge in [0.1, 0.15) is 5.75 Å². The van der Waals surface area contributed by atoms with Crippen molar-refractivity contribution in [2.45, 2.75) is 11.9 Å². The fourth-order valence-electron chi connectivity index (χ4n) is 1.07. The maximum atomic E-state index is 10.8. The van der Waals surface area contributed by atoms with Gasteiger partial charge in [0.05, 0.1) is 4.92 Å². The Kier molecular flexibility index (Phi) is 4.70. The molecule has 0 saturated heterocycles. The Bertz CT molecular complexity index is 463. The van der Waals surface area contributed by atoms with Crippen LogP contribution in [0.25, 0.3) is 0 Å². The molecule has 8 nitrogen and oxygen atoms in total. The van der Waals surface area contributed by atoms with Crippen LogP contribution in [0.3, 0.4) is 0 Å². The predicted molar refractivity (Wildman–Crippen MR) is 60.7 cm³/mol. The first-order valence-electron chi connectivity index (χ1n) is 4.67. The van der Waals surface area contributed by atoms with E-state index < -0.39 is 31.2 Å². The van der Waals surface area contributed by atoms with E-state index in [4.69, 9.17) is 15.6 Å². The smallest absolute Gasteiger partial charge is 0.325 e. The molecule has 0 aliphatic rings. The zero-order valence-corrected chi connectivity index (χ0v) is 9.82. The minimum Gasteiger partial charge on any atom is -0.480 e. The van der Waals surface area contributed by atoms with E-state index >= 15 is 0 Å². The van der Waals surface area contributed by atoms with Crippen LogP contribution in [0.1, 0.15) is 0 Å². The minimum atomic E-state index is -1.46. The molecule has 1 unspecified atom stereocenters. The summed E-state index contributed by atoms with van der Waals surface area (Å²) in [4.78, 5) is 20.4. The molecule has 2 atom stereocenters. The van der Waals surface area contributed by atoms with E-state index in [9.17, 15) is 19.5 Å². The van der Waals surface area contributed by atoms with Crippen LogP contribution < -0.4 is 10.5 Å². The molecule has 0 aliphatic heterocycles. The maximum absolute atomic E-state index is 10.8. The lowest BCUT2D eigenvalue weighted by atomic mass is 10.3. The van der Waals surface area contributed by atoms with Gasteiger partial charge in [0.25, 0.3) is 5.69 Å². The number of benzene rings is 1. The molecule has 96 valence electrons. The van der Waals surface area contributed by atoms with Gasteiger partial charge in [0.15, 0.2) is 6.04 Å². The molecule has 0 fully saturated rings. The van der Waals surface area contributed by atoms with Crippen LogP contribution in [0.2, 0.25) is 0 Å². The van der Waals surface area contributed by atoms with Crippen LogP contribution in [-0.4, -0.2) is 27.9 Å². The number of aliphatic carboxylic acids is 1. The van der Waals surface area contributed by atoms with Gasteiger partial charge in [-0.25, -0.2) is 0 Å². The summed E-state index contributed by atoms with van der Waals surface area (Å²) in [6.07, 6.45) is 0. The van der Waals surface area contributed by atoms with E-state index in [2.05, 4.69) is 0 Å². The quantitative estimate of drug-likeness (QED) is 0.448. The summed E-state index contributed by atoms with van der Waals surface area (Å²) in [6, 6.07) is 3.44.